The summed E-state index contributed by atoms with van der Waals surface area (Å²) in [5.41, 5.74) is 0.973. The first kappa shape index (κ1) is 22.2. The van der Waals surface area contributed by atoms with Gasteiger partial charge in [0.2, 0.25) is 15.9 Å². The second-order valence-corrected chi connectivity index (χ2v) is 11.0. The molecule has 3 rings (SSSR count). The monoisotopic (exact) mass is 465 g/mol. The van der Waals surface area contributed by atoms with Crippen molar-refractivity contribution in [3.8, 4) is 0 Å². The largest absolute Gasteiger partial charge is 0.325 e. The number of thioether (sulfide) groups is 1. The maximum absolute atomic E-state index is 12.4. The molecule has 0 aromatic heterocycles. The molecule has 10 heteroatoms. The Labute approximate surface area is 181 Å². The van der Waals surface area contributed by atoms with E-state index in [2.05, 4.69) is 4.90 Å². The van der Waals surface area contributed by atoms with Crippen LogP contribution in [0.2, 0.25) is 10.0 Å². The minimum atomic E-state index is -3.13. The Morgan fingerprint density at radius 2 is 1.82 bits per heavy atom. The standard InChI is InChI=1S/C18H25Cl2N3O3S2/c1-2-11-28(25,26)22-8-5-21(6-9-22)7-10-23-17(24)13-27-18(23)14-3-4-15(19)16(20)12-14/h3-4,12,18H,2,5-11,13H2,1H3. The smallest absolute Gasteiger partial charge is 0.233 e. The lowest BCUT2D eigenvalue weighted by Crippen LogP contribution is -2.50. The molecule has 0 aliphatic carbocycles. The lowest BCUT2D eigenvalue weighted by atomic mass is 10.2. The first-order valence-electron chi connectivity index (χ1n) is 9.38. The van der Waals surface area contributed by atoms with Crippen molar-refractivity contribution in [2.75, 3.05) is 50.8 Å². The number of sulfonamides is 1. The fourth-order valence-corrected chi connectivity index (χ4v) is 6.51. The molecule has 6 nitrogen and oxygen atoms in total. The maximum atomic E-state index is 12.4. The van der Waals surface area contributed by atoms with Crippen molar-refractivity contribution in [2.24, 2.45) is 0 Å². The number of benzene rings is 1. The molecule has 0 N–H and O–H groups in total. The van der Waals surface area contributed by atoms with E-state index in [1.807, 2.05) is 24.0 Å². The number of halogens is 2. The predicted octanol–water partition coefficient (Wildman–Crippen LogP) is 2.92. The Balaban J connectivity index is 1.56. The second-order valence-electron chi connectivity index (χ2n) is 6.98. The summed E-state index contributed by atoms with van der Waals surface area (Å²) in [6.45, 7) is 5.63. The molecule has 2 aliphatic heterocycles. The number of piperazine rings is 1. The van der Waals surface area contributed by atoms with Gasteiger partial charge in [-0.2, -0.15) is 4.31 Å². The first-order valence-corrected chi connectivity index (χ1v) is 12.8. The highest BCUT2D eigenvalue weighted by molar-refractivity contribution is 8.00. The fourth-order valence-electron chi connectivity index (χ4n) is 3.51. The molecule has 28 heavy (non-hydrogen) atoms. The van der Waals surface area contributed by atoms with Gasteiger partial charge >= 0.3 is 0 Å². The first-order chi connectivity index (χ1) is 13.3. The molecule has 0 saturated carbocycles. The van der Waals surface area contributed by atoms with E-state index >= 15 is 0 Å². The van der Waals surface area contributed by atoms with Crippen molar-refractivity contribution in [1.29, 1.82) is 0 Å². The van der Waals surface area contributed by atoms with Crippen molar-refractivity contribution >= 4 is 50.9 Å². The van der Waals surface area contributed by atoms with Crippen LogP contribution in [0.3, 0.4) is 0 Å². The highest BCUT2D eigenvalue weighted by atomic mass is 35.5. The summed E-state index contributed by atoms with van der Waals surface area (Å²) >= 11 is 13.7. The number of amides is 1. The van der Waals surface area contributed by atoms with Crippen LogP contribution in [0.4, 0.5) is 0 Å². The fraction of sp³-hybridized carbons (Fsp3) is 0.611. The Morgan fingerprint density at radius 3 is 2.46 bits per heavy atom. The Bertz CT molecular complexity index is 814. The number of carbonyl (C=O) groups is 1. The number of hydrogen-bond donors (Lipinski definition) is 0. The number of nitrogens with zero attached hydrogens (tertiary/aromatic N) is 3. The summed E-state index contributed by atoms with van der Waals surface area (Å²) < 4.78 is 26.0. The van der Waals surface area contributed by atoms with Crippen molar-refractivity contribution in [3.63, 3.8) is 0 Å². The van der Waals surface area contributed by atoms with E-state index in [0.29, 0.717) is 54.9 Å². The highest BCUT2D eigenvalue weighted by Crippen LogP contribution is 2.40. The molecule has 2 heterocycles. The van der Waals surface area contributed by atoms with Crippen LogP contribution in [0.25, 0.3) is 0 Å². The number of rotatable bonds is 7. The van der Waals surface area contributed by atoms with Crippen molar-refractivity contribution < 1.29 is 13.2 Å². The van der Waals surface area contributed by atoms with Crippen LogP contribution in [-0.4, -0.2) is 79.2 Å². The van der Waals surface area contributed by atoms with Crippen molar-refractivity contribution in [2.45, 2.75) is 18.7 Å². The topological polar surface area (TPSA) is 60.9 Å². The lowest BCUT2D eigenvalue weighted by Gasteiger charge is -2.35. The maximum Gasteiger partial charge on any atom is 0.233 e. The zero-order valence-electron chi connectivity index (χ0n) is 15.8. The van der Waals surface area contributed by atoms with Gasteiger partial charge in [0.15, 0.2) is 0 Å². The summed E-state index contributed by atoms with van der Waals surface area (Å²) in [7, 11) is -3.13. The van der Waals surface area contributed by atoms with Crippen molar-refractivity contribution in [3.05, 3.63) is 33.8 Å². The van der Waals surface area contributed by atoms with Crippen LogP contribution in [0.5, 0.6) is 0 Å². The molecular weight excluding hydrogens is 441 g/mol. The van der Waals surface area contributed by atoms with Gasteiger partial charge in [0.1, 0.15) is 5.37 Å². The van der Waals surface area contributed by atoms with Gasteiger partial charge in [-0.05, 0) is 24.1 Å². The molecule has 1 aromatic carbocycles. The van der Waals surface area contributed by atoms with Crippen LogP contribution in [-0.2, 0) is 14.8 Å². The zero-order valence-corrected chi connectivity index (χ0v) is 19.0. The van der Waals surface area contributed by atoms with E-state index in [0.717, 1.165) is 12.1 Å². The Morgan fingerprint density at radius 1 is 1.11 bits per heavy atom. The molecule has 2 fully saturated rings. The number of carbonyl (C=O) groups excluding carboxylic acids is 1. The summed E-state index contributed by atoms with van der Waals surface area (Å²) in [4.78, 5) is 16.5. The van der Waals surface area contributed by atoms with Crippen LogP contribution in [0, 0.1) is 0 Å². The SMILES string of the molecule is CCCS(=O)(=O)N1CCN(CCN2C(=O)CSC2c2ccc(Cl)c(Cl)c2)CC1. The average molecular weight is 466 g/mol. The molecule has 0 spiro atoms. The molecule has 156 valence electrons. The summed E-state index contributed by atoms with van der Waals surface area (Å²) in [6.07, 6.45) is 0.632. The summed E-state index contributed by atoms with van der Waals surface area (Å²) in [5, 5.41) is 0.930. The third kappa shape index (κ3) is 5.15. The molecule has 0 bridgehead atoms. The van der Waals surface area contributed by atoms with E-state index < -0.39 is 10.0 Å². The van der Waals surface area contributed by atoms with Crippen LogP contribution >= 0.6 is 35.0 Å². The molecular formula is C18H25Cl2N3O3S2. The van der Waals surface area contributed by atoms with Crippen LogP contribution in [0.15, 0.2) is 18.2 Å². The van der Waals surface area contributed by atoms with E-state index in [-0.39, 0.29) is 17.0 Å². The summed E-state index contributed by atoms with van der Waals surface area (Å²) in [6, 6.07) is 5.50. The van der Waals surface area contributed by atoms with Crippen molar-refractivity contribution in [1.82, 2.24) is 14.1 Å². The molecule has 1 atom stereocenters. The number of hydrogen-bond acceptors (Lipinski definition) is 5. The van der Waals surface area contributed by atoms with Gasteiger partial charge in [-0.25, -0.2) is 8.42 Å². The molecule has 1 aromatic rings. The van der Waals surface area contributed by atoms with Gasteiger partial charge in [-0.1, -0.05) is 36.2 Å². The van der Waals surface area contributed by atoms with Gasteiger partial charge in [0, 0.05) is 39.3 Å². The minimum absolute atomic E-state index is 0.0616. The normalized spacial score (nSPS) is 22.2. The Hall–Kier alpha value is -0.510. The predicted molar refractivity (Wildman–Crippen MR) is 115 cm³/mol. The van der Waals surface area contributed by atoms with Crippen LogP contribution < -0.4 is 0 Å². The van der Waals surface area contributed by atoms with E-state index in [1.165, 1.54) is 0 Å². The van der Waals surface area contributed by atoms with Crippen LogP contribution in [0.1, 0.15) is 24.3 Å². The minimum Gasteiger partial charge on any atom is -0.325 e. The van der Waals surface area contributed by atoms with E-state index in [4.69, 9.17) is 23.2 Å². The highest BCUT2D eigenvalue weighted by Gasteiger charge is 2.33. The van der Waals surface area contributed by atoms with Gasteiger partial charge in [0.05, 0.1) is 21.6 Å². The average Bonchev–Trinajstić information content (AvgIpc) is 3.03. The van der Waals surface area contributed by atoms with Gasteiger partial charge in [-0.15, -0.1) is 11.8 Å². The zero-order chi connectivity index (χ0) is 20.3. The Kier molecular flexibility index (Phi) is 7.55. The molecule has 1 unspecified atom stereocenters. The van der Waals surface area contributed by atoms with Gasteiger partial charge < -0.3 is 4.90 Å². The summed E-state index contributed by atoms with van der Waals surface area (Å²) in [5.74, 6) is 0.774. The third-order valence-corrected chi connectivity index (χ3v) is 9.11. The second kappa shape index (κ2) is 9.53. The van der Waals surface area contributed by atoms with E-state index in [9.17, 15) is 13.2 Å². The molecule has 1 amide bonds. The third-order valence-electron chi connectivity index (χ3n) is 5.04. The lowest BCUT2D eigenvalue weighted by molar-refractivity contribution is -0.128. The van der Waals surface area contributed by atoms with E-state index in [1.54, 1.807) is 22.1 Å². The van der Waals surface area contributed by atoms with Gasteiger partial charge in [-0.3, -0.25) is 9.69 Å². The molecule has 0 radical (unpaired) electrons. The quantitative estimate of drug-likeness (QED) is 0.619. The molecule has 2 saturated heterocycles. The molecule has 2 aliphatic rings. The van der Waals surface area contributed by atoms with Gasteiger partial charge in [0.25, 0.3) is 0 Å².